The number of hydrogen-bond donors (Lipinski definition) is 1. The summed E-state index contributed by atoms with van der Waals surface area (Å²) in [6, 6.07) is 0.252. The average molecular weight is 224 g/mol. The lowest BCUT2D eigenvalue weighted by molar-refractivity contribution is -0.218. The van der Waals surface area contributed by atoms with Gasteiger partial charge in [0.2, 0.25) is 5.91 Å². The monoisotopic (exact) mass is 224 g/mol. The Morgan fingerprint density at radius 3 is 2.88 bits per heavy atom. The number of rotatable bonds is 2. The second kappa shape index (κ2) is 3.70. The van der Waals surface area contributed by atoms with E-state index in [0.29, 0.717) is 12.3 Å². The fraction of sp³-hybridized carbons (Fsp3) is 0.917. The maximum Gasteiger partial charge on any atom is 0.249 e. The first-order chi connectivity index (χ1) is 7.69. The smallest absolute Gasteiger partial charge is 0.249 e. The van der Waals surface area contributed by atoms with Crippen LogP contribution in [0.2, 0.25) is 0 Å². The van der Waals surface area contributed by atoms with Crippen LogP contribution < -0.4 is 5.32 Å². The number of carbonyl (C=O) groups excluding carboxylic acids is 1. The van der Waals surface area contributed by atoms with Gasteiger partial charge in [-0.1, -0.05) is 0 Å². The van der Waals surface area contributed by atoms with E-state index in [1.807, 2.05) is 0 Å². The molecule has 0 radical (unpaired) electrons. The predicted octanol–water partition coefficient (Wildman–Crippen LogP) is 1.07. The summed E-state index contributed by atoms with van der Waals surface area (Å²) in [5.41, 5.74) is -0.200. The summed E-state index contributed by atoms with van der Waals surface area (Å²) < 4.78 is 0. The maximum absolute atomic E-state index is 12.0. The Kier molecular flexibility index (Phi) is 2.44. The van der Waals surface area contributed by atoms with Gasteiger partial charge in [-0.25, -0.2) is 5.06 Å². The molecule has 1 aliphatic carbocycles. The number of nitrogens with zero attached hydrogens (tertiary/aromatic N) is 1. The molecule has 0 bridgehead atoms. The van der Waals surface area contributed by atoms with Crippen LogP contribution in [0.25, 0.3) is 0 Å². The zero-order chi connectivity index (χ0) is 11.2. The van der Waals surface area contributed by atoms with E-state index in [9.17, 15) is 4.79 Å². The van der Waals surface area contributed by atoms with Crippen LogP contribution in [0.1, 0.15) is 39.0 Å². The van der Waals surface area contributed by atoms with E-state index < -0.39 is 0 Å². The van der Waals surface area contributed by atoms with E-state index in [1.54, 1.807) is 5.06 Å². The van der Waals surface area contributed by atoms with E-state index in [2.05, 4.69) is 12.2 Å². The molecule has 3 aliphatic rings. The molecule has 16 heavy (non-hydrogen) atoms. The third kappa shape index (κ3) is 1.74. The van der Waals surface area contributed by atoms with Crippen LogP contribution in [0.15, 0.2) is 0 Å². The zero-order valence-electron chi connectivity index (χ0n) is 9.87. The van der Waals surface area contributed by atoms with Crippen molar-refractivity contribution in [1.82, 2.24) is 10.4 Å². The molecule has 0 aromatic heterocycles. The highest BCUT2D eigenvalue weighted by atomic mass is 16.7. The number of hydrogen-bond acceptors (Lipinski definition) is 3. The normalized spacial score (nSPS) is 40.4. The molecular weight excluding hydrogens is 204 g/mol. The molecule has 90 valence electrons. The molecule has 3 rings (SSSR count). The van der Waals surface area contributed by atoms with Crippen molar-refractivity contribution >= 4 is 5.91 Å². The van der Waals surface area contributed by atoms with Gasteiger partial charge in [0.15, 0.2) is 0 Å². The van der Waals surface area contributed by atoms with Gasteiger partial charge in [-0.05, 0) is 45.1 Å². The van der Waals surface area contributed by atoms with E-state index in [1.165, 1.54) is 12.8 Å². The standard InChI is InChI=1S/C12H20N2O2/c1-12(9-4-5-9)7-11(15)14(16-12)10-3-2-6-13-8-10/h9-10,13H,2-8H2,1H3. The van der Waals surface area contributed by atoms with Crippen LogP contribution in [0.3, 0.4) is 0 Å². The Morgan fingerprint density at radius 1 is 1.44 bits per heavy atom. The molecule has 0 spiro atoms. The summed E-state index contributed by atoms with van der Waals surface area (Å²) in [7, 11) is 0. The topological polar surface area (TPSA) is 41.6 Å². The Balaban J connectivity index is 1.69. The Hall–Kier alpha value is -0.610. The second-order valence-corrected chi connectivity index (χ2v) is 5.57. The van der Waals surface area contributed by atoms with Crippen LogP contribution >= 0.6 is 0 Å². The van der Waals surface area contributed by atoms with Gasteiger partial charge in [-0.2, -0.15) is 0 Å². The van der Waals surface area contributed by atoms with Gasteiger partial charge < -0.3 is 5.32 Å². The number of hydroxylamine groups is 2. The molecule has 2 unspecified atom stereocenters. The summed E-state index contributed by atoms with van der Waals surface area (Å²) >= 11 is 0. The lowest BCUT2D eigenvalue weighted by atomic mass is 9.97. The van der Waals surface area contributed by atoms with Crippen LogP contribution in [0.5, 0.6) is 0 Å². The lowest BCUT2D eigenvalue weighted by Gasteiger charge is -2.32. The van der Waals surface area contributed by atoms with Crippen molar-refractivity contribution in [2.45, 2.75) is 50.7 Å². The number of carbonyl (C=O) groups is 1. The first-order valence-corrected chi connectivity index (χ1v) is 6.41. The number of piperidine rings is 1. The first kappa shape index (κ1) is 10.5. The molecule has 0 aromatic carbocycles. The summed E-state index contributed by atoms with van der Waals surface area (Å²) in [6.45, 7) is 4.05. The fourth-order valence-electron chi connectivity index (χ4n) is 2.91. The number of nitrogens with one attached hydrogen (secondary N) is 1. The summed E-state index contributed by atoms with van der Waals surface area (Å²) in [5.74, 6) is 0.793. The fourth-order valence-corrected chi connectivity index (χ4v) is 2.91. The third-order valence-corrected chi connectivity index (χ3v) is 4.10. The minimum atomic E-state index is -0.200. The van der Waals surface area contributed by atoms with Crippen LogP contribution in [-0.2, 0) is 9.63 Å². The quantitative estimate of drug-likeness (QED) is 0.763. The Labute approximate surface area is 96.3 Å². The predicted molar refractivity (Wildman–Crippen MR) is 59.6 cm³/mol. The summed E-state index contributed by atoms with van der Waals surface area (Å²) in [6.07, 6.45) is 5.23. The average Bonchev–Trinajstić information content (AvgIpc) is 3.08. The zero-order valence-corrected chi connectivity index (χ0v) is 9.87. The van der Waals surface area contributed by atoms with E-state index in [0.717, 1.165) is 25.9 Å². The first-order valence-electron chi connectivity index (χ1n) is 6.41. The van der Waals surface area contributed by atoms with Gasteiger partial charge in [0, 0.05) is 6.54 Å². The molecule has 2 saturated heterocycles. The molecule has 4 nitrogen and oxygen atoms in total. The molecule has 0 aromatic rings. The van der Waals surface area contributed by atoms with Crippen molar-refractivity contribution in [3.63, 3.8) is 0 Å². The van der Waals surface area contributed by atoms with Gasteiger partial charge >= 0.3 is 0 Å². The summed E-state index contributed by atoms with van der Waals surface area (Å²) in [5, 5.41) is 5.00. The van der Waals surface area contributed by atoms with Crippen molar-refractivity contribution < 1.29 is 9.63 Å². The highest BCUT2D eigenvalue weighted by Gasteiger charge is 2.52. The van der Waals surface area contributed by atoms with Gasteiger partial charge in [0.1, 0.15) is 5.60 Å². The minimum absolute atomic E-state index is 0.183. The van der Waals surface area contributed by atoms with Crippen molar-refractivity contribution in [3.8, 4) is 0 Å². The van der Waals surface area contributed by atoms with E-state index >= 15 is 0 Å². The van der Waals surface area contributed by atoms with Crippen LogP contribution in [0.4, 0.5) is 0 Å². The molecule has 2 heterocycles. The highest BCUT2D eigenvalue weighted by molar-refractivity contribution is 5.78. The van der Waals surface area contributed by atoms with Crippen molar-refractivity contribution in [2.75, 3.05) is 13.1 Å². The second-order valence-electron chi connectivity index (χ2n) is 5.57. The molecule has 1 amide bonds. The maximum atomic E-state index is 12.0. The van der Waals surface area contributed by atoms with Crippen molar-refractivity contribution in [3.05, 3.63) is 0 Å². The summed E-state index contributed by atoms with van der Waals surface area (Å²) in [4.78, 5) is 18.0. The van der Waals surface area contributed by atoms with Crippen LogP contribution in [0, 0.1) is 5.92 Å². The van der Waals surface area contributed by atoms with Crippen LogP contribution in [-0.4, -0.2) is 35.7 Å². The molecule has 2 aliphatic heterocycles. The van der Waals surface area contributed by atoms with Crippen molar-refractivity contribution in [2.24, 2.45) is 5.92 Å². The SMILES string of the molecule is CC1(C2CC2)CC(=O)N(C2CCCNC2)O1. The van der Waals surface area contributed by atoms with E-state index in [-0.39, 0.29) is 17.6 Å². The Bertz CT molecular complexity index is 297. The molecule has 1 N–H and O–H groups in total. The molecular formula is C12H20N2O2. The number of amides is 1. The largest absolute Gasteiger partial charge is 0.315 e. The van der Waals surface area contributed by atoms with Gasteiger partial charge in [-0.3, -0.25) is 9.63 Å². The highest BCUT2D eigenvalue weighted by Crippen LogP contribution is 2.47. The van der Waals surface area contributed by atoms with Gasteiger partial charge in [0.25, 0.3) is 0 Å². The van der Waals surface area contributed by atoms with E-state index in [4.69, 9.17) is 4.84 Å². The van der Waals surface area contributed by atoms with Gasteiger partial charge in [0.05, 0.1) is 12.5 Å². The molecule has 4 heteroatoms. The third-order valence-electron chi connectivity index (χ3n) is 4.10. The molecule has 2 atom stereocenters. The lowest BCUT2D eigenvalue weighted by Crippen LogP contribution is -2.46. The molecule has 1 saturated carbocycles. The minimum Gasteiger partial charge on any atom is -0.315 e. The Morgan fingerprint density at radius 2 is 2.25 bits per heavy atom. The van der Waals surface area contributed by atoms with Gasteiger partial charge in [-0.15, -0.1) is 0 Å². The van der Waals surface area contributed by atoms with Crippen molar-refractivity contribution in [1.29, 1.82) is 0 Å². The molecule has 3 fully saturated rings.